The molecule has 0 aromatic heterocycles. The van der Waals surface area contributed by atoms with Gasteiger partial charge in [0, 0.05) is 0 Å². The number of hydrogen-bond donors (Lipinski definition) is 0. The van der Waals surface area contributed by atoms with Crippen molar-refractivity contribution in [1.29, 1.82) is 0 Å². The van der Waals surface area contributed by atoms with E-state index >= 15 is 0 Å². The van der Waals surface area contributed by atoms with Crippen LogP contribution < -0.4 is 24.8 Å². The van der Waals surface area contributed by atoms with E-state index in [4.69, 9.17) is 0 Å². The molecule has 174 valence electrons. The van der Waals surface area contributed by atoms with Crippen molar-refractivity contribution in [2.45, 2.75) is 67.9 Å². The summed E-state index contributed by atoms with van der Waals surface area (Å²) in [5.74, 6) is 1.30. The van der Waals surface area contributed by atoms with Crippen LogP contribution in [0.2, 0.25) is 7.25 Å². The fraction of sp³-hybridized carbons (Fsp3) is 0.467. The quantitative estimate of drug-likeness (QED) is 0.542. The molecule has 4 unspecified atom stereocenters. The fourth-order valence-electron chi connectivity index (χ4n) is 8.05. The van der Waals surface area contributed by atoms with Crippen LogP contribution in [0.15, 0.2) is 59.7 Å². The summed E-state index contributed by atoms with van der Waals surface area (Å²) >= 11 is -2.72. The predicted molar refractivity (Wildman–Crippen MR) is 130 cm³/mol. The molecule has 0 radical (unpaired) electrons. The number of halogens is 2. The van der Waals surface area contributed by atoms with Gasteiger partial charge in [0.25, 0.3) is 0 Å². The molecule has 1 saturated carbocycles. The smallest absolute Gasteiger partial charge is 1.00 e. The van der Waals surface area contributed by atoms with Gasteiger partial charge in [0.2, 0.25) is 0 Å². The van der Waals surface area contributed by atoms with E-state index in [1.54, 1.807) is 22.3 Å². The van der Waals surface area contributed by atoms with Crippen LogP contribution in [-0.4, -0.2) is 0 Å². The van der Waals surface area contributed by atoms with Crippen LogP contribution in [0.25, 0.3) is 12.2 Å². The Labute approximate surface area is 217 Å². The van der Waals surface area contributed by atoms with Crippen LogP contribution >= 0.6 is 0 Å². The molecule has 0 spiro atoms. The van der Waals surface area contributed by atoms with Crippen molar-refractivity contribution in [2.24, 2.45) is 11.8 Å². The summed E-state index contributed by atoms with van der Waals surface area (Å²) in [6.07, 6.45) is 11.2. The van der Waals surface area contributed by atoms with Crippen LogP contribution in [0.5, 0.6) is 0 Å². The minimum Gasteiger partial charge on any atom is -1.00 e. The van der Waals surface area contributed by atoms with Crippen molar-refractivity contribution in [3.8, 4) is 0 Å². The molecule has 1 heterocycles. The van der Waals surface area contributed by atoms with E-state index < -0.39 is 20.3 Å². The molecule has 0 bridgehead atoms. The first kappa shape index (κ1) is 25.5. The van der Waals surface area contributed by atoms with Gasteiger partial charge in [-0.05, 0) is 0 Å². The largest absolute Gasteiger partial charge is 1.00 e. The molecular weight excluding hydrogens is 522 g/mol. The van der Waals surface area contributed by atoms with Crippen LogP contribution in [0, 0.1) is 11.8 Å². The summed E-state index contributed by atoms with van der Waals surface area (Å²) in [6, 6.07) is 18.9. The van der Waals surface area contributed by atoms with Crippen molar-refractivity contribution < 1.29 is 45.1 Å². The standard InChI is InChI=1S/2C12H13.C6H10.2ClH.Zr/c2*1-9(2)12-7-10-5-3-4-6-11(10)8-12;1-2-4-6-5-3-1;;;/h2*3-9H,1-2H3;1-2H,3-6H2;2*1H;/q;;;;;+2/p-2. The number of allylic oxidation sites excluding steroid dienone is 2. The van der Waals surface area contributed by atoms with Gasteiger partial charge in [-0.2, -0.15) is 0 Å². The monoisotopic (exact) mass is 556 g/mol. The molecule has 6 rings (SSSR count). The Balaban J connectivity index is 0.00000130. The summed E-state index contributed by atoms with van der Waals surface area (Å²) in [6.45, 7) is 9.83. The third-order valence-electron chi connectivity index (χ3n) is 9.20. The minimum absolute atomic E-state index is 0. The summed E-state index contributed by atoms with van der Waals surface area (Å²) in [5, 5.41) is 0. The first-order valence-corrected chi connectivity index (χ1v) is 18.3. The Hall–Kier alpha value is -0.617. The zero-order valence-electron chi connectivity index (χ0n) is 20.3. The maximum absolute atomic E-state index is 2.72. The van der Waals surface area contributed by atoms with Gasteiger partial charge in [0.15, 0.2) is 0 Å². The van der Waals surface area contributed by atoms with Gasteiger partial charge < -0.3 is 24.8 Å². The summed E-state index contributed by atoms with van der Waals surface area (Å²) in [5.41, 5.74) is 10.1. The average molecular weight is 559 g/mol. The summed E-state index contributed by atoms with van der Waals surface area (Å²) in [4.78, 5) is 0. The molecule has 0 N–H and O–H groups in total. The Morgan fingerprint density at radius 1 is 0.636 bits per heavy atom. The topological polar surface area (TPSA) is 0 Å². The van der Waals surface area contributed by atoms with E-state index in [0.29, 0.717) is 11.8 Å². The normalized spacial score (nSPS) is 29.2. The molecule has 33 heavy (non-hydrogen) atoms. The number of hydrogen-bond acceptors (Lipinski definition) is 0. The van der Waals surface area contributed by atoms with Gasteiger partial charge in [0.1, 0.15) is 0 Å². The number of rotatable bonds is 4. The van der Waals surface area contributed by atoms with Gasteiger partial charge in [0.05, 0.1) is 0 Å². The number of benzene rings is 2. The zero-order chi connectivity index (χ0) is 21.3. The Morgan fingerprint density at radius 3 is 1.42 bits per heavy atom. The maximum atomic E-state index is 2.62. The van der Waals surface area contributed by atoms with Gasteiger partial charge in [-0.1, -0.05) is 0 Å². The summed E-state index contributed by atoms with van der Waals surface area (Å²) < 4.78 is 3.74. The van der Waals surface area contributed by atoms with E-state index in [-0.39, 0.29) is 24.8 Å². The minimum atomic E-state index is -2.72. The molecule has 1 saturated heterocycles. The molecule has 2 aromatic carbocycles. The van der Waals surface area contributed by atoms with Crippen molar-refractivity contribution in [2.75, 3.05) is 0 Å². The van der Waals surface area contributed by atoms with Gasteiger partial charge >= 0.3 is 194 Å². The molecule has 2 aromatic rings. The van der Waals surface area contributed by atoms with E-state index in [9.17, 15) is 0 Å². The first-order valence-electron chi connectivity index (χ1n) is 12.7. The predicted octanol–water partition coefficient (Wildman–Crippen LogP) is 2.90. The second-order valence-electron chi connectivity index (χ2n) is 11.2. The van der Waals surface area contributed by atoms with Crippen molar-refractivity contribution in [1.82, 2.24) is 0 Å². The van der Waals surface area contributed by atoms with Crippen molar-refractivity contribution >= 4 is 12.2 Å². The summed E-state index contributed by atoms with van der Waals surface area (Å²) in [7, 11) is 0. The SMILES string of the molecule is CC(C)C1=Cc2ccccc2[CH]1[Zr+2]1([CH]2C(C(C)C)=Cc3ccccc32)[CH]2CCCC[CH]21.[Cl-].[Cl-]. The third kappa shape index (κ3) is 3.63. The Kier molecular flexibility index (Phi) is 7.29. The second kappa shape index (κ2) is 9.45. The molecule has 1 aliphatic heterocycles. The van der Waals surface area contributed by atoms with E-state index in [0.717, 1.165) is 14.5 Å². The van der Waals surface area contributed by atoms with Gasteiger partial charge in [-0.15, -0.1) is 0 Å². The maximum Gasteiger partial charge on any atom is -1.00 e. The second-order valence-corrected chi connectivity index (χ2v) is 22.6. The van der Waals surface area contributed by atoms with E-state index in [2.05, 4.69) is 88.4 Å². The van der Waals surface area contributed by atoms with Crippen LogP contribution in [0.1, 0.15) is 82.9 Å². The molecule has 3 aliphatic carbocycles. The Morgan fingerprint density at radius 2 is 1.03 bits per heavy atom. The average Bonchev–Trinajstić information content (AvgIpc) is 3.09. The molecule has 4 aliphatic rings. The van der Waals surface area contributed by atoms with Crippen molar-refractivity contribution in [3.05, 3.63) is 81.9 Å². The van der Waals surface area contributed by atoms with E-state index in [1.807, 2.05) is 0 Å². The number of fused-ring (bicyclic) bond motifs is 3. The molecule has 0 amide bonds. The Bertz CT molecular complexity index is 1010. The van der Waals surface area contributed by atoms with Gasteiger partial charge in [-0.25, -0.2) is 0 Å². The van der Waals surface area contributed by atoms with Crippen LogP contribution in [0.3, 0.4) is 0 Å². The fourth-order valence-corrected chi connectivity index (χ4v) is 31.9. The van der Waals surface area contributed by atoms with Crippen LogP contribution in [0.4, 0.5) is 0 Å². The molecule has 3 heteroatoms. The molecular formula is C30H36Cl2Zr. The third-order valence-corrected chi connectivity index (χ3v) is 26.0. The molecule has 0 nitrogen and oxygen atoms in total. The van der Waals surface area contributed by atoms with Gasteiger partial charge in [-0.3, -0.25) is 0 Å². The molecule has 4 atom stereocenters. The van der Waals surface area contributed by atoms with E-state index in [1.165, 1.54) is 36.8 Å². The molecule has 2 fully saturated rings. The van der Waals surface area contributed by atoms with Crippen molar-refractivity contribution in [3.63, 3.8) is 0 Å². The van der Waals surface area contributed by atoms with Crippen LogP contribution in [-0.2, 0) is 20.3 Å². The first-order chi connectivity index (χ1) is 15.0. The zero-order valence-corrected chi connectivity index (χ0v) is 24.3.